The van der Waals surface area contributed by atoms with Crippen LogP contribution in [0.5, 0.6) is 0 Å². The van der Waals surface area contributed by atoms with Crippen LogP contribution >= 0.6 is 0 Å². The fourth-order valence-electron chi connectivity index (χ4n) is 1.37. The number of rotatable bonds is 7. The highest BCUT2D eigenvalue weighted by Gasteiger charge is 2.04. The average molecular weight is 210 g/mol. The summed E-state index contributed by atoms with van der Waals surface area (Å²) in [5.74, 6) is 0. The molecule has 0 saturated carbocycles. The predicted octanol–water partition coefficient (Wildman–Crippen LogP) is 2.52. The van der Waals surface area contributed by atoms with Crippen LogP contribution in [-0.2, 0) is 0 Å². The molecule has 13 heavy (non-hydrogen) atoms. The van der Waals surface area contributed by atoms with E-state index >= 15 is 0 Å². The quantitative estimate of drug-likeness (QED) is 0.447. The van der Waals surface area contributed by atoms with Crippen LogP contribution in [0.15, 0.2) is 0 Å². The molecule has 0 fully saturated rings. The van der Waals surface area contributed by atoms with Gasteiger partial charge in [-0.15, -0.1) is 0 Å². The van der Waals surface area contributed by atoms with E-state index in [9.17, 15) is 0 Å². The van der Waals surface area contributed by atoms with Gasteiger partial charge in [0.15, 0.2) is 0 Å². The van der Waals surface area contributed by atoms with Gasteiger partial charge in [-0.1, -0.05) is 32.6 Å². The number of unbranched alkanes of at least 4 members (excludes halogenated alkanes) is 5. The predicted molar refractivity (Wildman–Crippen MR) is 59.1 cm³/mol. The molecule has 0 heterocycles. The van der Waals surface area contributed by atoms with Crippen LogP contribution in [0.1, 0.15) is 45.4 Å². The fraction of sp³-hybridized carbons (Fsp3) is 1.00. The summed E-state index contributed by atoms with van der Waals surface area (Å²) in [6.07, 6.45) is 8.48. The summed E-state index contributed by atoms with van der Waals surface area (Å²) in [5, 5.41) is 0. The lowest BCUT2D eigenvalue weighted by Gasteiger charge is -2.23. The maximum Gasteiger partial charge on any atom is 0.0903 e. The third kappa shape index (κ3) is 15.0. The Labute approximate surface area is 90.5 Å². The molecular weight excluding hydrogens is 182 g/mol. The summed E-state index contributed by atoms with van der Waals surface area (Å²) in [6.45, 7) is 3.60. The van der Waals surface area contributed by atoms with E-state index < -0.39 is 0 Å². The second kappa shape index (κ2) is 8.83. The minimum atomic E-state index is 0. The molecule has 2 heteroatoms. The molecule has 0 atom stereocenters. The molecule has 0 bridgehead atoms. The zero-order chi connectivity index (χ0) is 9.45. The van der Waals surface area contributed by atoms with Crippen LogP contribution in [0.3, 0.4) is 0 Å². The smallest absolute Gasteiger partial charge is 0.0903 e. The van der Waals surface area contributed by atoms with Crippen LogP contribution in [-0.4, -0.2) is 32.2 Å². The van der Waals surface area contributed by atoms with Crippen molar-refractivity contribution in [2.45, 2.75) is 45.4 Å². The highest BCUT2D eigenvalue weighted by atomic mass is 35.5. The van der Waals surface area contributed by atoms with Crippen molar-refractivity contribution in [1.29, 1.82) is 0 Å². The Kier molecular flexibility index (Phi) is 10.7. The monoisotopic (exact) mass is 209 g/mol. The lowest BCUT2D eigenvalue weighted by atomic mass is 10.1. The lowest BCUT2D eigenvalue weighted by Crippen LogP contribution is -2.35. The van der Waals surface area contributed by atoms with Crippen LogP contribution in [0, 0.1) is 12.4 Å². The molecule has 0 radical (unpaired) electrons. The highest BCUT2D eigenvalue weighted by Crippen LogP contribution is 2.06. The van der Waals surface area contributed by atoms with Gasteiger partial charge < -0.3 is 4.48 Å². The molecule has 1 nitrogen and oxygen atoms in total. The van der Waals surface area contributed by atoms with Gasteiger partial charge in [0.1, 0.15) is 0 Å². The molecule has 0 aliphatic rings. The molecule has 0 aromatic rings. The van der Waals surface area contributed by atoms with Crippen LogP contribution < -0.4 is 0 Å². The minimum absolute atomic E-state index is 0. The van der Waals surface area contributed by atoms with Gasteiger partial charge in [-0.3, -0.25) is 0 Å². The Hall–Kier alpha value is 0.250. The maximum absolute atomic E-state index is 2.27. The lowest BCUT2D eigenvalue weighted by molar-refractivity contribution is -0.870. The summed E-state index contributed by atoms with van der Waals surface area (Å²) in [7, 11) is 6.81. The van der Waals surface area contributed by atoms with E-state index in [1.54, 1.807) is 0 Å². The second-order valence-electron chi connectivity index (χ2n) is 4.78. The Morgan fingerprint density at radius 3 is 1.69 bits per heavy atom. The number of quaternary nitrogens is 1. The van der Waals surface area contributed by atoms with Crippen molar-refractivity contribution in [3.8, 4) is 0 Å². The normalized spacial score (nSPS) is 11.1. The molecule has 82 valence electrons. The molecule has 0 rings (SSSR count). The number of halogens is 1. The van der Waals surface area contributed by atoms with E-state index in [2.05, 4.69) is 28.1 Å². The van der Waals surface area contributed by atoms with Gasteiger partial charge in [0.05, 0.1) is 40.1 Å². The molecule has 0 spiro atoms. The first-order valence-electron chi connectivity index (χ1n) is 5.36. The van der Waals surface area contributed by atoms with Crippen molar-refractivity contribution >= 4 is 0 Å². The van der Waals surface area contributed by atoms with E-state index in [0.29, 0.717) is 0 Å². The molecule has 0 aromatic carbocycles. The van der Waals surface area contributed by atoms with Crippen molar-refractivity contribution in [1.82, 2.24) is 0 Å². The van der Waals surface area contributed by atoms with Crippen molar-refractivity contribution in [2.24, 2.45) is 0 Å². The van der Waals surface area contributed by atoms with Gasteiger partial charge >= 0.3 is 0 Å². The number of hydrogen-bond donors (Lipinski definition) is 0. The third-order valence-electron chi connectivity index (χ3n) is 2.18. The first-order valence-corrected chi connectivity index (χ1v) is 5.36. The van der Waals surface area contributed by atoms with E-state index in [1.165, 1.54) is 45.1 Å². The third-order valence-corrected chi connectivity index (χ3v) is 2.18. The summed E-state index contributed by atoms with van der Waals surface area (Å²) >= 11 is 0. The standard InChI is InChI=1S/C11H26N.ClH2/c1-5-6-7-8-9-10-11-12(2,3)4;/h5-11H2,1-4H3;1H2/q2*+1. The SMILES string of the molecule is CCCCCCCC[N+](C)(C)C.[ClH2+]. The molecule has 0 unspecified atom stereocenters. The molecule has 0 N–H and O–H groups in total. The summed E-state index contributed by atoms with van der Waals surface area (Å²) < 4.78 is 1.12. The van der Waals surface area contributed by atoms with E-state index in [4.69, 9.17) is 0 Å². The fourth-order valence-corrected chi connectivity index (χ4v) is 1.37. The molecular formula is C11H28ClN+2. The van der Waals surface area contributed by atoms with Crippen LogP contribution in [0.4, 0.5) is 0 Å². The molecule has 0 aromatic heterocycles. The van der Waals surface area contributed by atoms with Gasteiger partial charge in [0.25, 0.3) is 0 Å². The topological polar surface area (TPSA) is 0 Å². The Morgan fingerprint density at radius 1 is 0.769 bits per heavy atom. The maximum atomic E-state index is 2.27. The van der Waals surface area contributed by atoms with E-state index in [0.717, 1.165) is 4.48 Å². The zero-order valence-corrected chi connectivity index (χ0v) is 10.7. The second-order valence-corrected chi connectivity index (χ2v) is 4.78. The molecule has 0 amide bonds. The van der Waals surface area contributed by atoms with Gasteiger partial charge in [0, 0.05) is 0 Å². The Balaban J connectivity index is 0. The summed E-state index contributed by atoms with van der Waals surface area (Å²) in [6, 6.07) is 0. The van der Waals surface area contributed by atoms with Crippen molar-refractivity contribution in [3.05, 3.63) is 0 Å². The van der Waals surface area contributed by atoms with Gasteiger partial charge in [-0.25, -0.2) is 0 Å². The van der Waals surface area contributed by atoms with Crippen molar-refractivity contribution in [2.75, 3.05) is 27.7 Å². The van der Waals surface area contributed by atoms with Crippen LogP contribution in [0.2, 0.25) is 0 Å². The Morgan fingerprint density at radius 2 is 1.23 bits per heavy atom. The van der Waals surface area contributed by atoms with Gasteiger partial charge in [0.2, 0.25) is 0 Å². The Bertz CT molecular complexity index is 96.8. The van der Waals surface area contributed by atoms with E-state index in [-0.39, 0.29) is 12.4 Å². The van der Waals surface area contributed by atoms with Crippen molar-refractivity contribution in [3.63, 3.8) is 0 Å². The zero-order valence-electron chi connectivity index (χ0n) is 9.84. The van der Waals surface area contributed by atoms with Gasteiger partial charge in [-0.2, -0.15) is 0 Å². The number of hydrogen-bond acceptors (Lipinski definition) is 0. The molecule has 0 aliphatic heterocycles. The molecule has 0 aliphatic carbocycles. The summed E-state index contributed by atoms with van der Waals surface area (Å²) in [4.78, 5) is 0. The number of nitrogens with zero attached hydrogens (tertiary/aromatic N) is 1. The van der Waals surface area contributed by atoms with E-state index in [1.807, 2.05) is 0 Å². The summed E-state index contributed by atoms with van der Waals surface area (Å²) in [5.41, 5.74) is 0. The first kappa shape index (κ1) is 15.7. The van der Waals surface area contributed by atoms with Crippen molar-refractivity contribution < 1.29 is 16.9 Å². The highest BCUT2D eigenvalue weighted by molar-refractivity contribution is 4.42. The molecule has 0 saturated heterocycles. The average Bonchev–Trinajstić information content (AvgIpc) is 1.94. The van der Waals surface area contributed by atoms with Gasteiger partial charge in [-0.05, 0) is 12.8 Å². The first-order chi connectivity index (χ1) is 5.56. The largest absolute Gasteiger partial charge is 0.331 e. The van der Waals surface area contributed by atoms with Crippen LogP contribution in [0.25, 0.3) is 0 Å². The minimum Gasteiger partial charge on any atom is -0.331 e.